The van der Waals surface area contributed by atoms with Crippen LogP contribution < -0.4 is 9.88 Å². The first-order valence-corrected chi connectivity index (χ1v) is 7.68. The molecular weight excluding hydrogens is 264 g/mol. The lowest BCUT2D eigenvalue weighted by Gasteiger charge is -2.13. The maximum Gasteiger partial charge on any atom is 0.238 e. The van der Waals surface area contributed by atoms with Crippen LogP contribution in [0.3, 0.4) is 0 Å². The quantitative estimate of drug-likeness (QED) is 0.800. The minimum Gasteiger partial charge on any atom is -0.494 e. The third-order valence-electron chi connectivity index (χ3n) is 2.74. The summed E-state index contributed by atoms with van der Waals surface area (Å²) in [6, 6.07) is 3.42. The largest absolute Gasteiger partial charge is 0.494 e. The molecule has 1 rings (SSSR count). The number of nitrogens with zero attached hydrogens (tertiary/aromatic N) is 1. The number of hydrogen-bond acceptors (Lipinski definition) is 4. The Morgan fingerprint density at radius 3 is 2.16 bits per heavy atom. The average Bonchev–Trinajstić information content (AvgIpc) is 2.21. The number of sulfonamides is 1. The molecule has 19 heavy (non-hydrogen) atoms. The Labute approximate surface area is 115 Å². The highest BCUT2D eigenvalue weighted by atomic mass is 32.2. The van der Waals surface area contributed by atoms with E-state index in [-0.39, 0.29) is 4.90 Å². The van der Waals surface area contributed by atoms with Gasteiger partial charge < -0.3 is 9.64 Å². The van der Waals surface area contributed by atoms with Crippen molar-refractivity contribution in [1.29, 1.82) is 0 Å². The Balaban J connectivity index is 2.79. The number of aryl methyl sites for hydroxylation is 2. The second kappa shape index (κ2) is 6.36. The first-order valence-electron chi connectivity index (χ1n) is 6.13. The summed E-state index contributed by atoms with van der Waals surface area (Å²) in [6.45, 7) is 5.00. The van der Waals surface area contributed by atoms with Gasteiger partial charge >= 0.3 is 0 Å². The van der Waals surface area contributed by atoms with Crippen molar-refractivity contribution in [3.8, 4) is 5.75 Å². The van der Waals surface area contributed by atoms with E-state index in [0.29, 0.717) is 23.5 Å². The Morgan fingerprint density at radius 1 is 1.21 bits per heavy atom. The van der Waals surface area contributed by atoms with Gasteiger partial charge in [0.25, 0.3) is 0 Å². The fourth-order valence-corrected chi connectivity index (χ4v) is 3.03. The molecule has 0 aliphatic heterocycles. The van der Waals surface area contributed by atoms with Crippen LogP contribution in [0.25, 0.3) is 0 Å². The van der Waals surface area contributed by atoms with Crippen LogP contribution in [0.4, 0.5) is 0 Å². The van der Waals surface area contributed by atoms with Crippen LogP contribution in [-0.4, -0.2) is 40.6 Å². The van der Waals surface area contributed by atoms with Gasteiger partial charge in [0.2, 0.25) is 10.0 Å². The molecular formula is C13H22N2O3S. The number of hydrogen-bond donors (Lipinski definition) is 1. The van der Waals surface area contributed by atoms with Gasteiger partial charge in [0.1, 0.15) is 5.75 Å². The standard InChI is InChI=1S/C13H22N2O3S/c1-10-8-12(18-7-5-6-15(3)4)9-11(2)13(10)19(14,16)17/h8-9H,5-7H2,1-4H3,(H2,14,16,17). The molecule has 1 aromatic rings. The summed E-state index contributed by atoms with van der Waals surface area (Å²) < 4.78 is 28.5. The minimum absolute atomic E-state index is 0.188. The summed E-state index contributed by atoms with van der Waals surface area (Å²) in [5.41, 5.74) is 1.23. The normalized spacial score (nSPS) is 11.9. The van der Waals surface area contributed by atoms with Crippen molar-refractivity contribution in [2.75, 3.05) is 27.2 Å². The molecule has 0 aliphatic rings. The first-order chi connectivity index (χ1) is 8.71. The van der Waals surface area contributed by atoms with Crippen LogP contribution in [0.1, 0.15) is 17.5 Å². The summed E-state index contributed by atoms with van der Waals surface area (Å²) in [5.74, 6) is 0.682. The number of primary sulfonamides is 1. The van der Waals surface area contributed by atoms with Crippen molar-refractivity contribution < 1.29 is 13.2 Å². The number of ether oxygens (including phenoxy) is 1. The molecule has 0 unspecified atom stereocenters. The van der Waals surface area contributed by atoms with Gasteiger partial charge in [-0.25, -0.2) is 13.6 Å². The maximum atomic E-state index is 11.5. The summed E-state index contributed by atoms with van der Waals surface area (Å²) in [5, 5.41) is 5.19. The van der Waals surface area contributed by atoms with E-state index in [4.69, 9.17) is 9.88 Å². The van der Waals surface area contributed by atoms with E-state index in [1.807, 2.05) is 14.1 Å². The molecule has 108 valence electrons. The number of rotatable bonds is 6. The number of benzene rings is 1. The van der Waals surface area contributed by atoms with Gasteiger partial charge in [-0.2, -0.15) is 0 Å². The SMILES string of the molecule is Cc1cc(OCCCN(C)C)cc(C)c1S(N)(=O)=O. The van der Waals surface area contributed by atoms with E-state index in [0.717, 1.165) is 13.0 Å². The topological polar surface area (TPSA) is 72.6 Å². The van der Waals surface area contributed by atoms with Crippen molar-refractivity contribution >= 4 is 10.0 Å². The molecule has 6 heteroatoms. The highest BCUT2D eigenvalue weighted by Crippen LogP contribution is 2.24. The van der Waals surface area contributed by atoms with Crippen LogP contribution in [0.5, 0.6) is 5.75 Å². The van der Waals surface area contributed by atoms with Crippen molar-refractivity contribution in [3.63, 3.8) is 0 Å². The molecule has 1 aromatic carbocycles. The highest BCUT2D eigenvalue weighted by Gasteiger charge is 2.16. The predicted octanol–water partition coefficient (Wildman–Crippen LogP) is 1.28. The molecule has 0 fully saturated rings. The molecule has 0 spiro atoms. The molecule has 0 heterocycles. The monoisotopic (exact) mass is 286 g/mol. The Kier molecular flexibility index (Phi) is 5.34. The third kappa shape index (κ3) is 4.81. The van der Waals surface area contributed by atoms with E-state index < -0.39 is 10.0 Å². The Hall–Kier alpha value is -1.11. The van der Waals surface area contributed by atoms with Crippen molar-refractivity contribution in [2.24, 2.45) is 5.14 Å². The fourth-order valence-electron chi connectivity index (χ4n) is 2.01. The van der Waals surface area contributed by atoms with Gasteiger partial charge in [0, 0.05) is 6.54 Å². The van der Waals surface area contributed by atoms with Crippen LogP contribution >= 0.6 is 0 Å². The zero-order valence-corrected chi connectivity index (χ0v) is 12.8. The molecule has 0 amide bonds. The summed E-state index contributed by atoms with van der Waals surface area (Å²) >= 11 is 0. The van der Waals surface area contributed by atoms with Crippen molar-refractivity contribution in [2.45, 2.75) is 25.2 Å². The van der Waals surface area contributed by atoms with Gasteiger partial charge in [-0.1, -0.05) is 0 Å². The maximum absolute atomic E-state index is 11.5. The van der Waals surface area contributed by atoms with Crippen LogP contribution in [0.2, 0.25) is 0 Å². The van der Waals surface area contributed by atoms with Gasteiger partial charge in [0.15, 0.2) is 0 Å². The smallest absolute Gasteiger partial charge is 0.238 e. The van der Waals surface area contributed by atoms with E-state index in [1.54, 1.807) is 26.0 Å². The van der Waals surface area contributed by atoms with Crippen LogP contribution in [0, 0.1) is 13.8 Å². The van der Waals surface area contributed by atoms with E-state index in [9.17, 15) is 8.42 Å². The van der Waals surface area contributed by atoms with Gasteiger partial charge in [0.05, 0.1) is 11.5 Å². The molecule has 0 saturated carbocycles. The zero-order chi connectivity index (χ0) is 14.6. The molecule has 0 atom stereocenters. The zero-order valence-electron chi connectivity index (χ0n) is 11.9. The molecule has 0 bridgehead atoms. The molecule has 0 radical (unpaired) electrons. The highest BCUT2D eigenvalue weighted by molar-refractivity contribution is 7.89. The van der Waals surface area contributed by atoms with Gasteiger partial charge in [-0.05, 0) is 57.6 Å². The molecule has 5 nitrogen and oxygen atoms in total. The van der Waals surface area contributed by atoms with Gasteiger partial charge in [-0.3, -0.25) is 0 Å². The molecule has 0 saturated heterocycles. The second-order valence-electron chi connectivity index (χ2n) is 4.94. The second-order valence-corrected chi connectivity index (χ2v) is 6.43. The third-order valence-corrected chi connectivity index (χ3v) is 3.95. The fraction of sp³-hybridized carbons (Fsp3) is 0.538. The van der Waals surface area contributed by atoms with Gasteiger partial charge in [-0.15, -0.1) is 0 Å². The Morgan fingerprint density at radius 2 is 1.74 bits per heavy atom. The molecule has 0 aliphatic carbocycles. The number of nitrogens with two attached hydrogens (primary N) is 1. The summed E-state index contributed by atoms with van der Waals surface area (Å²) in [4.78, 5) is 2.28. The Bertz CT molecular complexity index is 516. The lowest BCUT2D eigenvalue weighted by atomic mass is 10.1. The summed E-state index contributed by atoms with van der Waals surface area (Å²) in [7, 11) is 0.339. The minimum atomic E-state index is -3.68. The lowest BCUT2D eigenvalue weighted by Crippen LogP contribution is -2.16. The molecule has 2 N–H and O–H groups in total. The van der Waals surface area contributed by atoms with Crippen LogP contribution in [-0.2, 0) is 10.0 Å². The van der Waals surface area contributed by atoms with Crippen molar-refractivity contribution in [1.82, 2.24) is 4.90 Å². The summed E-state index contributed by atoms with van der Waals surface area (Å²) in [6.07, 6.45) is 0.919. The molecule has 0 aromatic heterocycles. The van der Waals surface area contributed by atoms with E-state index in [1.165, 1.54) is 0 Å². The predicted molar refractivity (Wildman–Crippen MR) is 76.0 cm³/mol. The van der Waals surface area contributed by atoms with E-state index >= 15 is 0 Å². The first kappa shape index (κ1) is 15.9. The lowest BCUT2D eigenvalue weighted by molar-refractivity contribution is 0.281. The van der Waals surface area contributed by atoms with Crippen LogP contribution in [0.15, 0.2) is 17.0 Å². The van der Waals surface area contributed by atoms with Crippen molar-refractivity contribution in [3.05, 3.63) is 23.3 Å². The van der Waals surface area contributed by atoms with E-state index in [2.05, 4.69) is 4.90 Å². The average molecular weight is 286 g/mol.